The average Bonchev–Trinajstić information content (AvgIpc) is 3.64. The van der Waals surface area contributed by atoms with E-state index < -0.39 is 29.1 Å². The number of aromatic carboxylic acids is 1. The highest BCUT2D eigenvalue weighted by molar-refractivity contribution is 8.01. The summed E-state index contributed by atoms with van der Waals surface area (Å²) in [6.07, 6.45) is 0.299. The number of carbonyl (C=O) groups excluding carboxylic acids is 3. The first-order valence-electron chi connectivity index (χ1n) is 23.9. The molecule has 0 radical (unpaired) electrons. The summed E-state index contributed by atoms with van der Waals surface area (Å²) in [5.41, 5.74) is 9.93. The van der Waals surface area contributed by atoms with Gasteiger partial charge in [-0.3, -0.25) is 30.0 Å². The largest absolute Gasteiger partial charge is 0.508 e. The second-order valence-corrected chi connectivity index (χ2v) is 22.9. The molecule has 5 N–H and O–H groups in total. The summed E-state index contributed by atoms with van der Waals surface area (Å²) in [5, 5.41) is 26.4. The highest BCUT2D eigenvalue weighted by Crippen LogP contribution is 2.45. The second-order valence-electron chi connectivity index (χ2n) is 19.7. The normalized spacial score (nSPS) is 11.8. The van der Waals surface area contributed by atoms with Gasteiger partial charge in [-0.15, -0.1) is 23.5 Å². The van der Waals surface area contributed by atoms with Crippen molar-refractivity contribution in [2.75, 3.05) is 16.8 Å². The molecule has 382 valence electrons. The molecular formula is C58H52ClN5O9S2. The van der Waals surface area contributed by atoms with Gasteiger partial charge in [0, 0.05) is 83.9 Å². The van der Waals surface area contributed by atoms with E-state index in [1.807, 2.05) is 92.7 Å². The summed E-state index contributed by atoms with van der Waals surface area (Å²) in [5.74, 6) is -2.24. The van der Waals surface area contributed by atoms with E-state index in [0.29, 0.717) is 45.8 Å². The number of nitrogens with one attached hydrogen (secondary N) is 3. The maximum Gasteiger partial charge on any atom is 0.336 e. The first-order valence-corrected chi connectivity index (χ1v) is 26.2. The molecule has 9 rings (SSSR count). The molecule has 0 saturated carbocycles. The molecule has 3 heterocycles. The number of amides is 3. The number of para-hydroxylation sites is 1. The molecule has 0 atom stereocenters. The number of hydrogen-bond acceptors (Lipinski definition) is 11. The van der Waals surface area contributed by atoms with Crippen LogP contribution in [0, 0.1) is 5.41 Å². The quantitative estimate of drug-likeness (QED) is 0.0349. The number of carboxylic acids is 1. The number of hydrazine groups is 1. The van der Waals surface area contributed by atoms with Crippen LogP contribution in [0.25, 0.3) is 55.2 Å². The van der Waals surface area contributed by atoms with Crippen LogP contribution >= 0.6 is 35.1 Å². The molecule has 75 heavy (non-hydrogen) atoms. The third kappa shape index (κ3) is 12.1. The van der Waals surface area contributed by atoms with E-state index in [2.05, 4.69) is 41.5 Å². The molecule has 5 aromatic carbocycles. The molecule has 1 aliphatic heterocycles. The van der Waals surface area contributed by atoms with Gasteiger partial charge in [0.25, 0.3) is 0 Å². The van der Waals surface area contributed by atoms with E-state index in [0.717, 1.165) is 55.4 Å². The van der Waals surface area contributed by atoms with Gasteiger partial charge in [-0.2, -0.15) is 0 Å². The molecule has 1 aliphatic carbocycles. The molecule has 3 amide bonds. The summed E-state index contributed by atoms with van der Waals surface area (Å²) < 4.78 is 14.3. The Labute approximate surface area is 445 Å². The zero-order chi connectivity index (χ0) is 53.2. The molecule has 2 aromatic heterocycles. The van der Waals surface area contributed by atoms with Crippen LogP contribution < -0.4 is 26.3 Å². The molecule has 7 aromatic rings. The number of aromatic hydroxyl groups is 1. The van der Waals surface area contributed by atoms with Crippen LogP contribution in [0.3, 0.4) is 0 Å². The van der Waals surface area contributed by atoms with E-state index in [4.69, 9.17) is 25.7 Å². The molecule has 14 nitrogen and oxygen atoms in total. The number of aromatic nitrogens is 2. The summed E-state index contributed by atoms with van der Waals surface area (Å²) in [6, 6.07) is 38.7. The zero-order valence-electron chi connectivity index (χ0n) is 41.6. The Balaban J connectivity index is 0.868. The molecule has 0 saturated heterocycles. The van der Waals surface area contributed by atoms with Crippen LogP contribution in [0.1, 0.15) is 61.9 Å². The lowest BCUT2D eigenvalue weighted by Gasteiger charge is -2.27. The van der Waals surface area contributed by atoms with Crippen LogP contribution in [0.2, 0.25) is 5.02 Å². The first kappa shape index (κ1) is 52.1. The van der Waals surface area contributed by atoms with Crippen molar-refractivity contribution in [2.45, 2.75) is 63.8 Å². The van der Waals surface area contributed by atoms with Crippen molar-refractivity contribution in [1.29, 1.82) is 0 Å². The van der Waals surface area contributed by atoms with Gasteiger partial charge in [0.05, 0.1) is 33.7 Å². The SMILES string of the molecule is CC(C)(C)Sc1c(CC(C)(C)C(=O)NNC(=O)CSCC(=O)Nc2ccc(-c3c4ccc(=O)cc-4oc4cc(O)ccc34)c(C(=O)O)c2)n(Cc2ccc(Cl)cc2)c2ccc(OCc3ccc4ccccc4n3)cc12. The number of anilines is 1. The number of phenolic OH excluding ortho intramolecular Hbond substituents is 1. The van der Waals surface area contributed by atoms with Gasteiger partial charge in [0.1, 0.15) is 29.4 Å². The van der Waals surface area contributed by atoms with Crippen LogP contribution in [0.5, 0.6) is 11.5 Å². The van der Waals surface area contributed by atoms with Crippen LogP contribution in [-0.2, 0) is 34.0 Å². The average molecular weight is 1060 g/mol. The Hall–Kier alpha value is -7.79. The molecular weight excluding hydrogens is 1010 g/mol. The summed E-state index contributed by atoms with van der Waals surface area (Å²) >= 11 is 9.01. The van der Waals surface area contributed by atoms with E-state index in [9.17, 15) is 34.2 Å². The molecule has 17 heteroatoms. The smallest absolute Gasteiger partial charge is 0.336 e. The van der Waals surface area contributed by atoms with E-state index >= 15 is 0 Å². The highest BCUT2D eigenvalue weighted by atomic mass is 35.5. The molecule has 0 unspecified atom stereocenters. The minimum atomic E-state index is -1.27. The van der Waals surface area contributed by atoms with E-state index in [1.54, 1.807) is 36.0 Å². The zero-order valence-corrected chi connectivity index (χ0v) is 44.0. The van der Waals surface area contributed by atoms with Crippen molar-refractivity contribution in [3.05, 3.63) is 171 Å². The maximum atomic E-state index is 14.1. The fourth-order valence-electron chi connectivity index (χ4n) is 8.77. The lowest BCUT2D eigenvalue weighted by Crippen LogP contribution is -2.49. The topological polar surface area (TPSA) is 202 Å². The van der Waals surface area contributed by atoms with Crippen molar-refractivity contribution in [2.24, 2.45) is 5.41 Å². The second kappa shape index (κ2) is 21.6. The van der Waals surface area contributed by atoms with Crippen LogP contribution in [-0.4, -0.2) is 59.7 Å². The number of ether oxygens (including phenoxy) is 1. The Morgan fingerprint density at radius 2 is 1.55 bits per heavy atom. The predicted molar refractivity (Wildman–Crippen MR) is 297 cm³/mol. The van der Waals surface area contributed by atoms with Crippen LogP contribution in [0.4, 0.5) is 5.69 Å². The van der Waals surface area contributed by atoms with Crippen molar-refractivity contribution in [3.8, 4) is 33.9 Å². The Kier molecular flexibility index (Phi) is 15.0. The lowest BCUT2D eigenvalue weighted by atomic mass is 9.86. The van der Waals surface area contributed by atoms with Crippen LogP contribution in [0.15, 0.2) is 148 Å². The van der Waals surface area contributed by atoms with Gasteiger partial charge in [0.15, 0.2) is 5.43 Å². The molecule has 0 spiro atoms. The predicted octanol–water partition coefficient (Wildman–Crippen LogP) is 11.7. The molecule has 0 bridgehead atoms. The van der Waals surface area contributed by atoms with Crippen molar-refractivity contribution < 1.29 is 38.5 Å². The Morgan fingerprint density at radius 3 is 2.32 bits per heavy atom. The summed E-state index contributed by atoms with van der Waals surface area (Å²) in [7, 11) is 0. The number of carboxylic acid groups (broad SMARTS) is 1. The minimum absolute atomic E-state index is 0.0769. The number of rotatable bonds is 16. The number of benzene rings is 6. The summed E-state index contributed by atoms with van der Waals surface area (Å²) in [4.78, 5) is 71.0. The Morgan fingerprint density at radius 1 is 0.787 bits per heavy atom. The molecule has 0 fully saturated rings. The highest BCUT2D eigenvalue weighted by Gasteiger charge is 2.34. The number of thioether (sulfide) groups is 2. The maximum absolute atomic E-state index is 14.1. The number of carbonyl (C=O) groups is 4. The number of fused-ring (bicyclic) bond motifs is 4. The number of pyridine rings is 1. The van der Waals surface area contributed by atoms with Gasteiger partial charge in [-0.25, -0.2) is 9.78 Å². The van der Waals surface area contributed by atoms with Gasteiger partial charge in [-0.1, -0.05) is 88.7 Å². The first-order chi connectivity index (χ1) is 35.8. The fourth-order valence-corrected chi connectivity index (χ4v) is 10.7. The van der Waals surface area contributed by atoms with Crippen molar-refractivity contribution >= 4 is 97.3 Å². The standard InChI is InChI=1S/C58H52ClN5O9S2/c1-57(2,3)75-54-45-27-40(72-30-37-15-12-34-8-6-7-9-46(34)60-37)19-23-47(45)64(29-33-10-13-35(59)14-11-33)48(54)28-58(4,5)56(71)63-62-52(68)32-74-31-51(67)61-36-16-20-41(44(24-36)55(69)70)53-42-21-17-38(65)25-49(42)73-50-26-39(66)18-22-43(50)53/h6-27,65H,28-32H2,1-5H3,(H,61,67)(H,62,68)(H,63,71)(H,69,70). The fraction of sp³-hybridized carbons (Fsp3) is 0.207. The number of halogens is 1. The van der Waals surface area contributed by atoms with Gasteiger partial charge < -0.3 is 29.3 Å². The van der Waals surface area contributed by atoms with Gasteiger partial charge in [-0.05, 0) is 90.0 Å². The van der Waals surface area contributed by atoms with Crippen molar-refractivity contribution in [3.63, 3.8) is 0 Å². The number of nitrogens with zero attached hydrogens (tertiary/aromatic N) is 2. The van der Waals surface area contributed by atoms with E-state index in [1.165, 1.54) is 30.3 Å². The third-order valence-electron chi connectivity index (χ3n) is 12.3. The van der Waals surface area contributed by atoms with Gasteiger partial charge in [0.2, 0.25) is 17.7 Å². The summed E-state index contributed by atoms with van der Waals surface area (Å²) in [6.45, 7) is 10.9. The number of phenols is 1. The number of hydrogen-bond donors (Lipinski definition) is 5. The molecule has 2 aliphatic rings. The third-order valence-corrected chi connectivity index (χ3v) is 14.7. The van der Waals surface area contributed by atoms with E-state index in [-0.39, 0.29) is 56.6 Å². The van der Waals surface area contributed by atoms with Gasteiger partial charge >= 0.3 is 5.97 Å². The monoisotopic (exact) mass is 1060 g/mol. The lowest BCUT2D eigenvalue weighted by molar-refractivity contribution is -0.133. The minimum Gasteiger partial charge on any atom is -0.508 e. The Bertz CT molecular complexity index is 3720. The van der Waals surface area contributed by atoms with Crippen molar-refractivity contribution in [1.82, 2.24) is 20.4 Å².